The third kappa shape index (κ3) is 4.02. The van der Waals surface area contributed by atoms with E-state index in [0.717, 1.165) is 29.2 Å². The molecule has 3 aromatic rings. The van der Waals surface area contributed by atoms with Crippen LogP contribution in [0, 0.1) is 26.7 Å². The molecule has 0 saturated heterocycles. The summed E-state index contributed by atoms with van der Waals surface area (Å²) in [6, 6.07) is 6.97. The van der Waals surface area contributed by atoms with Gasteiger partial charge in [0.2, 0.25) is 0 Å². The Labute approximate surface area is 190 Å². The van der Waals surface area contributed by atoms with Gasteiger partial charge in [0.1, 0.15) is 0 Å². The summed E-state index contributed by atoms with van der Waals surface area (Å²) in [6.07, 6.45) is 12.5. The van der Waals surface area contributed by atoms with Crippen molar-refractivity contribution in [3.05, 3.63) is 72.1 Å². The number of benzene rings is 1. The van der Waals surface area contributed by atoms with Crippen LogP contribution in [0.5, 0.6) is 0 Å². The Morgan fingerprint density at radius 2 is 2.00 bits per heavy atom. The van der Waals surface area contributed by atoms with E-state index in [1.165, 1.54) is 16.8 Å². The minimum absolute atomic E-state index is 0.0879. The summed E-state index contributed by atoms with van der Waals surface area (Å²) in [7, 11) is 0. The van der Waals surface area contributed by atoms with E-state index in [1.807, 2.05) is 30.3 Å². The molecule has 168 valence electrons. The van der Waals surface area contributed by atoms with Crippen molar-refractivity contribution in [3.8, 4) is 11.1 Å². The molecule has 32 heavy (non-hydrogen) atoms. The average Bonchev–Trinajstić information content (AvgIpc) is 3.40. The average molecular weight is 432 g/mol. The van der Waals surface area contributed by atoms with Crippen molar-refractivity contribution >= 4 is 11.4 Å². The molecule has 0 radical (unpaired) electrons. The first-order valence-electron chi connectivity index (χ1n) is 11.4. The molecule has 1 aromatic carbocycles. The van der Waals surface area contributed by atoms with E-state index in [-0.39, 0.29) is 12.6 Å². The maximum atomic E-state index is 9.36. The Morgan fingerprint density at radius 3 is 2.66 bits per heavy atom. The van der Waals surface area contributed by atoms with Crippen molar-refractivity contribution in [2.75, 3.05) is 18.1 Å². The van der Waals surface area contributed by atoms with Crippen molar-refractivity contribution < 1.29 is 5.11 Å². The summed E-state index contributed by atoms with van der Waals surface area (Å²) >= 11 is 0. The number of nitrogens with zero attached hydrogens (tertiary/aromatic N) is 5. The highest BCUT2D eigenvalue weighted by Crippen LogP contribution is 2.35. The summed E-state index contributed by atoms with van der Waals surface area (Å²) < 4.78 is 3.96. The van der Waals surface area contributed by atoms with Gasteiger partial charge in [0.05, 0.1) is 31.2 Å². The van der Waals surface area contributed by atoms with Gasteiger partial charge in [0, 0.05) is 47.5 Å². The number of likely N-dealkylation sites (N-methyl/N-ethyl adjacent to an activating group) is 1. The molecule has 6 heteroatoms. The Morgan fingerprint density at radius 1 is 1.19 bits per heavy atom. The van der Waals surface area contributed by atoms with E-state index in [9.17, 15) is 5.11 Å². The van der Waals surface area contributed by atoms with Gasteiger partial charge in [-0.25, -0.2) is 4.98 Å². The summed E-state index contributed by atoms with van der Waals surface area (Å²) in [5.74, 6) is 0.358. The SMILES string of the molecule is CCN(c1cc(-c2c(C)nn(CCO)c2C)ccc1C)C1C=CC(n2ccnc2)=CC1C. The summed E-state index contributed by atoms with van der Waals surface area (Å²) in [4.78, 5) is 6.67. The first-order chi connectivity index (χ1) is 15.4. The molecule has 2 atom stereocenters. The van der Waals surface area contributed by atoms with Crippen LogP contribution in [0.4, 0.5) is 5.69 Å². The molecule has 2 aromatic heterocycles. The zero-order valence-corrected chi connectivity index (χ0v) is 19.7. The van der Waals surface area contributed by atoms with Crippen LogP contribution in [0.25, 0.3) is 16.8 Å². The number of aliphatic hydroxyl groups is 1. The molecular weight excluding hydrogens is 398 g/mol. The summed E-state index contributed by atoms with van der Waals surface area (Å²) in [5.41, 5.74) is 8.09. The smallest absolute Gasteiger partial charge is 0.0991 e. The highest BCUT2D eigenvalue weighted by atomic mass is 16.3. The van der Waals surface area contributed by atoms with Gasteiger partial charge in [-0.15, -0.1) is 0 Å². The second kappa shape index (κ2) is 9.17. The molecule has 1 N–H and O–H groups in total. The molecule has 6 nitrogen and oxygen atoms in total. The van der Waals surface area contributed by atoms with E-state index in [2.05, 4.69) is 83.7 Å². The topological polar surface area (TPSA) is 59.1 Å². The van der Waals surface area contributed by atoms with Crippen molar-refractivity contribution in [1.29, 1.82) is 0 Å². The molecular formula is C26H33N5O. The van der Waals surface area contributed by atoms with Crippen LogP contribution in [0.3, 0.4) is 0 Å². The molecule has 0 saturated carbocycles. The van der Waals surface area contributed by atoms with Crippen molar-refractivity contribution in [2.45, 2.75) is 47.2 Å². The van der Waals surface area contributed by atoms with Gasteiger partial charge in [0.25, 0.3) is 0 Å². The monoisotopic (exact) mass is 431 g/mol. The van der Waals surface area contributed by atoms with E-state index >= 15 is 0 Å². The first kappa shape index (κ1) is 22.1. The number of aliphatic hydroxyl groups excluding tert-OH is 1. The summed E-state index contributed by atoms with van der Waals surface area (Å²) in [5, 5.41) is 14.0. The Kier molecular flexibility index (Phi) is 6.33. The van der Waals surface area contributed by atoms with Crippen molar-refractivity contribution in [3.63, 3.8) is 0 Å². The number of allylic oxidation sites excluding steroid dienone is 2. The number of aromatic nitrogens is 4. The van der Waals surface area contributed by atoms with Crippen LogP contribution in [0.15, 0.2) is 55.1 Å². The zero-order chi connectivity index (χ0) is 22.8. The van der Waals surface area contributed by atoms with Gasteiger partial charge in [-0.1, -0.05) is 31.2 Å². The second-order valence-corrected chi connectivity index (χ2v) is 8.55. The lowest BCUT2D eigenvalue weighted by Gasteiger charge is -2.37. The Bertz CT molecular complexity index is 1140. The molecule has 0 fully saturated rings. The fourth-order valence-corrected chi connectivity index (χ4v) is 4.81. The van der Waals surface area contributed by atoms with Crippen molar-refractivity contribution in [2.24, 2.45) is 5.92 Å². The Balaban J connectivity index is 1.68. The van der Waals surface area contributed by atoms with Crippen LogP contribution < -0.4 is 4.90 Å². The lowest BCUT2D eigenvalue weighted by molar-refractivity contribution is 0.268. The third-order valence-electron chi connectivity index (χ3n) is 6.44. The highest BCUT2D eigenvalue weighted by molar-refractivity contribution is 5.74. The molecule has 2 unspecified atom stereocenters. The zero-order valence-electron chi connectivity index (χ0n) is 19.7. The van der Waals surface area contributed by atoms with Crippen LogP contribution >= 0.6 is 0 Å². The number of aryl methyl sites for hydroxylation is 2. The minimum atomic E-state index is 0.0879. The predicted octanol–water partition coefficient (Wildman–Crippen LogP) is 4.61. The van der Waals surface area contributed by atoms with Gasteiger partial charge in [-0.05, 0) is 51.0 Å². The maximum absolute atomic E-state index is 9.36. The predicted molar refractivity (Wildman–Crippen MR) is 131 cm³/mol. The van der Waals surface area contributed by atoms with Crippen LogP contribution in [-0.4, -0.2) is 43.6 Å². The van der Waals surface area contributed by atoms with E-state index < -0.39 is 0 Å². The number of rotatable bonds is 7. The lowest BCUT2D eigenvalue weighted by atomic mass is 9.92. The van der Waals surface area contributed by atoms with Gasteiger partial charge in [-0.3, -0.25) is 4.68 Å². The third-order valence-corrected chi connectivity index (χ3v) is 6.44. The fourth-order valence-electron chi connectivity index (χ4n) is 4.81. The van der Waals surface area contributed by atoms with Gasteiger partial charge in [0.15, 0.2) is 0 Å². The molecule has 4 rings (SSSR count). The quantitative estimate of drug-likeness (QED) is 0.594. The molecule has 0 spiro atoms. The van der Waals surface area contributed by atoms with Crippen LogP contribution in [-0.2, 0) is 6.54 Å². The number of hydrogen-bond donors (Lipinski definition) is 1. The normalized spacial score (nSPS) is 18.1. The first-order valence-corrected chi connectivity index (χ1v) is 11.4. The lowest BCUT2D eigenvalue weighted by Crippen LogP contribution is -2.39. The largest absolute Gasteiger partial charge is 0.394 e. The number of imidazole rings is 1. The van der Waals surface area contributed by atoms with Gasteiger partial charge in [-0.2, -0.15) is 5.10 Å². The van der Waals surface area contributed by atoms with E-state index in [4.69, 9.17) is 0 Å². The Hall–Kier alpha value is -3.12. The minimum Gasteiger partial charge on any atom is -0.394 e. The summed E-state index contributed by atoms with van der Waals surface area (Å²) in [6.45, 7) is 12.3. The number of hydrogen-bond acceptors (Lipinski definition) is 4. The number of anilines is 1. The molecule has 2 heterocycles. The van der Waals surface area contributed by atoms with Crippen LogP contribution in [0.2, 0.25) is 0 Å². The highest BCUT2D eigenvalue weighted by Gasteiger charge is 2.25. The molecule has 1 aliphatic carbocycles. The van der Waals surface area contributed by atoms with Crippen LogP contribution in [0.1, 0.15) is 30.8 Å². The maximum Gasteiger partial charge on any atom is 0.0991 e. The molecule has 0 aliphatic heterocycles. The fraction of sp³-hybridized carbons (Fsp3) is 0.385. The van der Waals surface area contributed by atoms with E-state index in [0.29, 0.717) is 12.5 Å². The van der Waals surface area contributed by atoms with Gasteiger partial charge >= 0.3 is 0 Å². The standard InChI is InChI=1S/C26H33N5O/c1-6-30(24-10-9-23(15-19(24)3)29-12-11-27-17-29)25-16-22(8-7-18(25)2)26-20(4)28-31(13-14-32)21(26)5/h7-12,15-17,19,24,32H,6,13-14H2,1-5H3. The van der Waals surface area contributed by atoms with Gasteiger partial charge < -0.3 is 14.6 Å². The molecule has 0 bridgehead atoms. The molecule has 0 amide bonds. The second-order valence-electron chi connectivity index (χ2n) is 8.55. The van der Waals surface area contributed by atoms with Crippen molar-refractivity contribution in [1.82, 2.24) is 19.3 Å². The van der Waals surface area contributed by atoms with E-state index in [1.54, 1.807) is 0 Å². The molecule has 1 aliphatic rings.